The van der Waals surface area contributed by atoms with Crippen LogP contribution in [0.3, 0.4) is 0 Å². The van der Waals surface area contributed by atoms with Crippen molar-refractivity contribution in [2.24, 2.45) is 0 Å². The number of halogens is 3. The van der Waals surface area contributed by atoms with E-state index in [9.17, 15) is 18.0 Å². The predicted octanol–water partition coefficient (Wildman–Crippen LogP) is 2.23. The third kappa shape index (κ3) is 4.16. The number of anilines is 1. The number of hydrogen-bond acceptors (Lipinski definition) is 5. The van der Waals surface area contributed by atoms with Crippen molar-refractivity contribution < 1.29 is 13.2 Å². The molecule has 2 aromatic carbocycles. The summed E-state index contributed by atoms with van der Waals surface area (Å²) < 4.78 is 41.3. The maximum atomic E-state index is 12.9. The second-order valence-electron chi connectivity index (χ2n) is 6.80. The van der Waals surface area contributed by atoms with Crippen LogP contribution in [0.5, 0.6) is 0 Å². The van der Waals surface area contributed by atoms with Gasteiger partial charge in [-0.1, -0.05) is 24.3 Å². The summed E-state index contributed by atoms with van der Waals surface area (Å²) in [6.07, 6.45) is -4.36. The first kappa shape index (κ1) is 19.2. The lowest BCUT2D eigenvalue weighted by molar-refractivity contribution is -0.137. The third-order valence-electron chi connectivity index (χ3n) is 4.89. The highest BCUT2D eigenvalue weighted by molar-refractivity contribution is 5.49. The van der Waals surface area contributed by atoms with Crippen LogP contribution in [0, 0.1) is 0 Å². The van der Waals surface area contributed by atoms with Crippen LogP contribution in [0.2, 0.25) is 0 Å². The van der Waals surface area contributed by atoms with Gasteiger partial charge in [-0.25, -0.2) is 4.79 Å². The molecule has 0 N–H and O–H groups in total. The van der Waals surface area contributed by atoms with Crippen molar-refractivity contribution >= 4 is 5.69 Å². The minimum Gasteiger partial charge on any atom is -0.369 e. The zero-order chi connectivity index (χ0) is 20.4. The second kappa shape index (κ2) is 7.70. The minimum atomic E-state index is -4.36. The molecule has 0 atom stereocenters. The monoisotopic (exact) mass is 404 g/mol. The Morgan fingerprint density at radius 1 is 0.862 bits per heavy atom. The average molecular weight is 404 g/mol. The number of para-hydroxylation sites is 1. The van der Waals surface area contributed by atoms with E-state index in [0.29, 0.717) is 37.6 Å². The summed E-state index contributed by atoms with van der Waals surface area (Å²) in [5.74, 6) is 0. The van der Waals surface area contributed by atoms with Crippen molar-refractivity contribution in [1.82, 2.24) is 24.7 Å². The molecule has 2 heterocycles. The fourth-order valence-electron chi connectivity index (χ4n) is 3.31. The molecule has 10 heteroatoms. The topological polar surface area (TPSA) is 59.2 Å². The lowest BCUT2D eigenvalue weighted by Crippen LogP contribution is -2.48. The molecule has 0 aliphatic carbocycles. The fraction of sp³-hybridized carbons (Fsp3) is 0.316. The molecule has 7 nitrogen and oxygen atoms in total. The molecule has 0 spiro atoms. The Balaban J connectivity index is 1.40. The van der Waals surface area contributed by atoms with E-state index in [1.54, 1.807) is 18.2 Å². The molecule has 29 heavy (non-hydrogen) atoms. The molecule has 0 unspecified atom stereocenters. The summed E-state index contributed by atoms with van der Waals surface area (Å²) >= 11 is 0. The summed E-state index contributed by atoms with van der Waals surface area (Å²) in [7, 11) is 0. The summed E-state index contributed by atoms with van der Waals surface area (Å²) in [5.41, 5.74) is 0.197. The highest BCUT2D eigenvalue weighted by atomic mass is 19.4. The quantitative estimate of drug-likeness (QED) is 0.668. The van der Waals surface area contributed by atoms with Gasteiger partial charge in [0.25, 0.3) is 0 Å². The summed E-state index contributed by atoms with van der Waals surface area (Å²) in [6, 6.07) is 14.4. The van der Waals surface area contributed by atoms with Crippen LogP contribution in [0.25, 0.3) is 5.69 Å². The van der Waals surface area contributed by atoms with Crippen molar-refractivity contribution in [3.8, 4) is 5.69 Å². The molecule has 1 fully saturated rings. The molecule has 0 bridgehead atoms. The fourth-order valence-corrected chi connectivity index (χ4v) is 3.31. The zero-order valence-electron chi connectivity index (χ0n) is 15.5. The van der Waals surface area contributed by atoms with Crippen LogP contribution in [0.15, 0.2) is 59.4 Å². The highest BCUT2D eigenvalue weighted by Gasteiger charge is 2.31. The van der Waals surface area contributed by atoms with Crippen molar-refractivity contribution in [3.05, 3.63) is 70.6 Å². The normalized spacial score (nSPS) is 15.6. The Morgan fingerprint density at radius 2 is 1.55 bits per heavy atom. The predicted molar refractivity (Wildman–Crippen MR) is 101 cm³/mol. The molecule has 1 saturated heterocycles. The molecule has 152 valence electrons. The zero-order valence-corrected chi connectivity index (χ0v) is 15.5. The Bertz CT molecular complexity index is 1020. The summed E-state index contributed by atoms with van der Waals surface area (Å²) in [5, 5.41) is 7.86. The Hall–Kier alpha value is -3.14. The maximum Gasteiger partial charge on any atom is 0.416 e. The van der Waals surface area contributed by atoms with Crippen LogP contribution < -0.4 is 10.6 Å². The van der Waals surface area contributed by atoms with Crippen LogP contribution in [-0.2, 0) is 12.8 Å². The van der Waals surface area contributed by atoms with Crippen LogP contribution in [0.1, 0.15) is 5.56 Å². The molecule has 3 aromatic rings. The number of benzene rings is 2. The van der Waals surface area contributed by atoms with E-state index in [4.69, 9.17) is 0 Å². The summed E-state index contributed by atoms with van der Waals surface area (Å²) in [6.45, 7) is 2.59. The Morgan fingerprint density at radius 3 is 2.24 bits per heavy atom. The molecule has 4 rings (SSSR count). The SMILES string of the molecule is O=c1n(CN2CCN(c3cccc(C(F)(F)F)c3)CC2)nnn1-c1ccccc1. The number of nitrogens with zero attached hydrogens (tertiary/aromatic N) is 6. The first-order valence-corrected chi connectivity index (χ1v) is 9.14. The number of aromatic nitrogens is 4. The lowest BCUT2D eigenvalue weighted by Gasteiger charge is -2.35. The summed E-state index contributed by atoms with van der Waals surface area (Å²) in [4.78, 5) is 16.5. The van der Waals surface area contributed by atoms with Crippen molar-refractivity contribution in [2.45, 2.75) is 12.8 Å². The van der Waals surface area contributed by atoms with Gasteiger partial charge in [-0.15, -0.1) is 0 Å². The van der Waals surface area contributed by atoms with E-state index in [2.05, 4.69) is 10.4 Å². The van der Waals surface area contributed by atoms with Gasteiger partial charge < -0.3 is 4.90 Å². The molecular weight excluding hydrogens is 385 g/mol. The van der Waals surface area contributed by atoms with Crippen LogP contribution >= 0.6 is 0 Å². The number of tetrazole rings is 1. The maximum absolute atomic E-state index is 12.9. The first-order valence-electron chi connectivity index (χ1n) is 9.14. The van der Waals surface area contributed by atoms with E-state index in [1.807, 2.05) is 28.0 Å². The highest BCUT2D eigenvalue weighted by Crippen LogP contribution is 2.31. The molecule has 0 saturated carbocycles. The largest absolute Gasteiger partial charge is 0.416 e. The van der Waals surface area contributed by atoms with Gasteiger partial charge in [0.1, 0.15) is 6.67 Å². The van der Waals surface area contributed by atoms with Gasteiger partial charge >= 0.3 is 11.9 Å². The van der Waals surface area contributed by atoms with Gasteiger partial charge in [0.15, 0.2) is 0 Å². The smallest absolute Gasteiger partial charge is 0.369 e. The third-order valence-corrected chi connectivity index (χ3v) is 4.89. The van der Waals surface area contributed by atoms with Crippen molar-refractivity contribution in [2.75, 3.05) is 31.1 Å². The molecular formula is C19H19F3N6O. The van der Waals surface area contributed by atoms with E-state index in [0.717, 1.165) is 6.07 Å². The van der Waals surface area contributed by atoms with Gasteiger partial charge in [-0.3, -0.25) is 4.90 Å². The van der Waals surface area contributed by atoms with E-state index in [1.165, 1.54) is 21.5 Å². The number of piperazine rings is 1. The average Bonchev–Trinajstić information content (AvgIpc) is 3.09. The van der Waals surface area contributed by atoms with Gasteiger partial charge in [-0.2, -0.15) is 22.5 Å². The van der Waals surface area contributed by atoms with E-state index < -0.39 is 11.7 Å². The molecule has 1 aliphatic heterocycles. The molecule has 1 aromatic heterocycles. The van der Waals surface area contributed by atoms with Gasteiger partial charge in [0, 0.05) is 31.9 Å². The standard InChI is InChI=1S/C19H19F3N6O/c20-19(21,22)15-5-4-8-17(13-15)26-11-9-25(10-12-26)14-27-18(29)28(24-23-27)16-6-2-1-3-7-16/h1-8,13H,9-12,14H2. The van der Waals surface area contributed by atoms with Crippen molar-refractivity contribution in [3.63, 3.8) is 0 Å². The van der Waals surface area contributed by atoms with E-state index >= 15 is 0 Å². The van der Waals surface area contributed by atoms with Crippen LogP contribution in [-0.4, -0.2) is 50.9 Å². The van der Waals surface area contributed by atoms with Crippen molar-refractivity contribution in [1.29, 1.82) is 0 Å². The van der Waals surface area contributed by atoms with E-state index in [-0.39, 0.29) is 12.4 Å². The second-order valence-corrected chi connectivity index (χ2v) is 6.80. The minimum absolute atomic E-state index is 0.280. The van der Waals surface area contributed by atoms with Gasteiger partial charge in [0.2, 0.25) is 0 Å². The Kier molecular flexibility index (Phi) is 5.10. The molecule has 0 amide bonds. The van der Waals surface area contributed by atoms with Crippen LogP contribution in [0.4, 0.5) is 18.9 Å². The van der Waals surface area contributed by atoms with Gasteiger partial charge in [0.05, 0.1) is 11.3 Å². The molecule has 0 radical (unpaired) electrons. The number of rotatable bonds is 4. The Labute approximate surface area is 164 Å². The first-order chi connectivity index (χ1) is 13.9. The molecule has 1 aliphatic rings. The number of alkyl halides is 3. The van der Waals surface area contributed by atoms with Gasteiger partial charge in [-0.05, 0) is 40.8 Å². The lowest BCUT2D eigenvalue weighted by atomic mass is 10.1. The number of hydrogen-bond donors (Lipinski definition) is 0.